The van der Waals surface area contributed by atoms with Crippen LogP contribution in [0.1, 0.15) is 68.4 Å². The maximum Gasteiger partial charge on any atom is 0.260 e. The van der Waals surface area contributed by atoms with Crippen molar-refractivity contribution in [1.29, 1.82) is 0 Å². The van der Waals surface area contributed by atoms with Gasteiger partial charge in [0.05, 0.1) is 19.3 Å². The number of aryl methyl sites for hydroxylation is 1. The molecule has 53 heavy (non-hydrogen) atoms. The van der Waals surface area contributed by atoms with E-state index >= 15 is 0 Å². The van der Waals surface area contributed by atoms with Crippen molar-refractivity contribution < 1.29 is 29.4 Å². The number of aliphatic hydroxyl groups is 2. The average Bonchev–Trinajstić information content (AvgIpc) is 3.52. The van der Waals surface area contributed by atoms with E-state index in [1.165, 1.54) is 18.4 Å². The van der Waals surface area contributed by atoms with E-state index < -0.39 is 24.2 Å². The minimum absolute atomic E-state index is 0.0476. The first kappa shape index (κ1) is 38.6. The van der Waals surface area contributed by atoms with Crippen LogP contribution in [0, 0.1) is 29.1 Å². The Morgan fingerprint density at radius 1 is 0.962 bits per heavy atom. The first-order valence-electron chi connectivity index (χ1n) is 19.0. The molecular formula is C43H56N4O6. The molecule has 3 aromatic carbocycles. The van der Waals surface area contributed by atoms with Gasteiger partial charge in [-0.2, -0.15) is 5.06 Å². The Kier molecular flexibility index (Phi) is 11.5. The van der Waals surface area contributed by atoms with Crippen LogP contribution in [0.2, 0.25) is 0 Å². The van der Waals surface area contributed by atoms with E-state index in [0.717, 1.165) is 34.4 Å². The van der Waals surface area contributed by atoms with Crippen molar-refractivity contribution in [2.75, 3.05) is 32.6 Å². The molecule has 3 N–H and O–H groups in total. The Labute approximate surface area is 314 Å². The van der Waals surface area contributed by atoms with Crippen molar-refractivity contribution >= 4 is 23.4 Å². The second-order valence-electron chi connectivity index (χ2n) is 16.3. The number of nitrogens with one attached hydrogen (secondary N) is 1. The summed E-state index contributed by atoms with van der Waals surface area (Å²) in [7, 11) is 5.34. The summed E-state index contributed by atoms with van der Waals surface area (Å²) in [6.07, 6.45) is 1.29. The van der Waals surface area contributed by atoms with Crippen molar-refractivity contribution in [2.24, 2.45) is 29.1 Å². The number of anilines is 1. The molecule has 0 spiro atoms. The van der Waals surface area contributed by atoms with Crippen LogP contribution in [-0.2, 0) is 27.4 Å². The zero-order valence-corrected chi connectivity index (χ0v) is 32.2. The third kappa shape index (κ3) is 7.92. The molecule has 1 aliphatic heterocycles. The highest BCUT2D eigenvalue weighted by molar-refractivity contribution is 6.05. The molecule has 4 fully saturated rings. The largest absolute Gasteiger partial charge is 0.394 e. The van der Waals surface area contributed by atoms with Crippen molar-refractivity contribution in [3.05, 3.63) is 89.5 Å². The average molecular weight is 725 g/mol. The van der Waals surface area contributed by atoms with E-state index in [9.17, 15) is 24.6 Å². The van der Waals surface area contributed by atoms with Gasteiger partial charge in [-0.1, -0.05) is 69.3 Å². The van der Waals surface area contributed by atoms with Crippen LogP contribution in [0.15, 0.2) is 72.8 Å². The Morgan fingerprint density at radius 2 is 1.68 bits per heavy atom. The van der Waals surface area contributed by atoms with Crippen molar-refractivity contribution in [1.82, 2.24) is 15.3 Å². The number of amides is 3. The third-order valence-corrected chi connectivity index (χ3v) is 12.5. The van der Waals surface area contributed by atoms with Crippen LogP contribution in [0.5, 0.6) is 0 Å². The molecule has 1 heterocycles. The monoisotopic (exact) mass is 724 g/mol. The smallest absolute Gasteiger partial charge is 0.260 e. The van der Waals surface area contributed by atoms with E-state index in [0.29, 0.717) is 29.7 Å². The summed E-state index contributed by atoms with van der Waals surface area (Å²) >= 11 is 0. The lowest BCUT2D eigenvalue weighted by Crippen LogP contribution is -2.62. The molecule has 7 rings (SSSR count). The number of hydrogen-bond acceptors (Lipinski definition) is 8. The molecule has 3 amide bonds. The van der Waals surface area contributed by atoms with Gasteiger partial charge in [0.2, 0.25) is 11.8 Å². The predicted molar refractivity (Wildman–Crippen MR) is 206 cm³/mol. The molecule has 10 heteroatoms. The quantitative estimate of drug-likeness (QED) is 0.230. The standard InChI is InChI=1S/C43H56N4O6/c1-26-35-22-33(43(35,3)4)23-36(26)44-41(51)40-39(27(2)49)37(25-48)53-47(40)24-29-14-11-15-30(18-29)31-19-32(21-34(20-31)45(5)6)42(52)46(7)38(50)17-16-28-12-9-8-10-13-28/h8-15,18-21,26-27,33,35-37,39-40,48-49H,16-17,22-25H2,1-7H3,(H,44,51)/t26-,27-,33+,35+,36-,37-,39+,40-/m0/s1. The van der Waals surface area contributed by atoms with Crippen LogP contribution >= 0.6 is 0 Å². The first-order chi connectivity index (χ1) is 25.2. The fourth-order valence-electron chi connectivity index (χ4n) is 9.04. The van der Waals surface area contributed by atoms with Gasteiger partial charge < -0.3 is 20.4 Å². The summed E-state index contributed by atoms with van der Waals surface area (Å²) in [5, 5.41) is 26.1. The molecule has 1 saturated heterocycles. The van der Waals surface area contributed by atoms with Gasteiger partial charge in [-0.3, -0.25) is 24.1 Å². The van der Waals surface area contributed by atoms with Crippen LogP contribution in [-0.4, -0.2) is 89.9 Å². The van der Waals surface area contributed by atoms with Gasteiger partial charge in [0.15, 0.2) is 0 Å². The number of fused-ring (bicyclic) bond motifs is 2. The molecule has 284 valence electrons. The molecule has 8 atom stereocenters. The summed E-state index contributed by atoms with van der Waals surface area (Å²) in [6.45, 7) is 8.45. The highest BCUT2D eigenvalue weighted by Crippen LogP contribution is 2.61. The molecule has 3 saturated carbocycles. The van der Waals surface area contributed by atoms with Crippen LogP contribution in [0.4, 0.5) is 5.69 Å². The normalized spacial score (nSPS) is 26.7. The molecule has 0 radical (unpaired) electrons. The van der Waals surface area contributed by atoms with Crippen molar-refractivity contribution in [3.63, 3.8) is 0 Å². The number of hydrogen-bond donors (Lipinski definition) is 3. The Balaban J connectivity index is 1.21. The lowest BCUT2D eigenvalue weighted by molar-refractivity contribution is -0.183. The molecule has 0 unspecified atom stereocenters. The van der Waals surface area contributed by atoms with Gasteiger partial charge in [-0.05, 0) is 95.9 Å². The maximum atomic E-state index is 14.1. The zero-order valence-electron chi connectivity index (χ0n) is 32.2. The van der Waals surface area contributed by atoms with E-state index in [1.807, 2.05) is 79.7 Å². The number of rotatable bonds is 12. The number of carbonyl (C=O) groups is 3. The number of nitrogens with zero attached hydrogens (tertiary/aromatic N) is 3. The fraction of sp³-hybridized carbons (Fsp3) is 0.512. The SMILES string of the molecule is C[C@@H]1[C@@H](NC(=O)[C@@H]2[C@H]([C@H](C)O)[C@H](CO)ON2Cc2cccc(-c3cc(C(=O)N(C)C(=O)CCc4ccccc4)cc(N(C)C)c3)c2)C[C@H]2C[C@H]1C2(C)C. The highest BCUT2D eigenvalue weighted by Gasteiger charge is 2.57. The molecule has 2 bridgehead atoms. The summed E-state index contributed by atoms with van der Waals surface area (Å²) in [4.78, 5) is 50.3. The van der Waals surface area contributed by atoms with Gasteiger partial charge in [0.1, 0.15) is 12.1 Å². The fourth-order valence-corrected chi connectivity index (χ4v) is 9.04. The number of carbonyl (C=O) groups excluding carboxylic acids is 3. The lowest BCUT2D eigenvalue weighted by Gasteiger charge is -2.62. The van der Waals surface area contributed by atoms with Gasteiger partial charge in [0, 0.05) is 50.8 Å². The van der Waals surface area contributed by atoms with Crippen LogP contribution in [0.25, 0.3) is 11.1 Å². The summed E-state index contributed by atoms with van der Waals surface area (Å²) in [6, 6.07) is 22.4. The molecule has 0 aromatic heterocycles. The zero-order chi connectivity index (χ0) is 38.2. The molecule has 4 aliphatic rings. The van der Waals surface area contributed by atoms with Gasteiger partial charge in [-0.15, -0.1) is 0 Å². The Hall–Kier alpha value is -4.09. The first-order valence-corrected chi connectivity index (χ1v) is 19.0. The molecule has 3 aromatic rings. The van der Waals surface area contributed by atoms with Gasteiger partial charge in [-0.25, -0.2) is 0 Å². The topological polar surface area (TPSA) is 123 Å². The predicted octanol–water partition coefficient (Wildman–Crippen LogP) is 5.31. The van der Waals surface area contributed by atoms with Crippen molar-refractivity contribution in [2.45, 2.75) is 84.2 Å². The van der Waals surface area contributed by atoms with E-state index in [4.69, 9.17) is 4.84 Å². The summed E-state index contributed by atoms with van der Waals surface area (Å²) in [5.74, 6) is 0.0343. The highest BCUT2D eigenvalue weighted by atomic mass is 16.7. The number of imide groups is 1. The maximum absolute atomic E-state index is 14.1. The lowest BCUT2D eigenvalue weighted by atomic mass is 9.45. The summed E-state index contributed by atoms with van der Waals surface area (Å²) in [5.41, 5.74) is 5.03. The van der Waals surface area contributed by atoms with Gasteiger partial charge >= 0.3 is 0 Å². The number of benzene rings is 3. The van der Waals surface area contributed by atoms with Crippen molar-refractivity contribution in [3.8, 4) is 11.1 Å². The van der Waals surface area contributed by atoms with E-state index in [2.05, 4.69) is 26.1 Å². The van der Waals surface area contributed by atoms with Crippen LogP contribution < -0.4 is 10.2 Å². The number of aliphatic hydroxyl groups excluding tert-OH is 2. The van der Waals surface area contributed by atoms with Gasteiger partial charge in [0.25, 0.3) is 5.91 Å². The van der Waals surface area contributed by atoms with Crippen LogP contribution in [0.3, 0.4) is 0 Å². The molecule has 3 aliphatic carbocycles. The third-order valence-electron chi connectivity index (χ3n) is 12.5. The molecular weight excluding hydrogens is 668 g/mol. The minimum atomic E-state index is -0.886. The van der Waals surface area contributed by atoms with E-state index in [1.54, 1.807) is 24.1 Å². The Morgan fingerprint density at radius 3 is 2.32 bits per heavy atom. The minimum Gasteiger partial charge on any atom is -0.394 e. The molecule has 10 nitrogen and oxygen atoms in total. The second kappa shape index (κ2) is 15.7. The number of hydroxylamine groups is 2. The van der Waals surface area contributed by atoms with E-state index in [-0.39, 0.29) is 48.8 Å². The Bertz CT molecular complexity index is 1790. The summed E-state index contributed by atoms with van der Waals surface area (Å²) < 4.78 is 0. The second-order valence-corrected chi connectivity index (χ2v) is 16.3.